The summed E-state index contributed by atoms with van der Waals surface area (Å²) >= 11 is 6.38. The first kappa shape index (κ1) is 22.9. The van der Waals surface area contributed by atoms with Crippen LogP contribution in [-0.2, 0) is 4.74 Å². The Hall–Kier alpha value is -2.29. The predicted octanol–water partition coefficient (Wildman–Crippen LogP) is 3.86. The maximum absolute atomic E-state index is 6.38. The largest absolute Gasteiger partial charge is 0.494 e. The van der Waals surface area contributed by atoms with Crippen molar-refractivity contribution >= 4 is 34.7 Å². The van der Waals surface area contributed by atoms with E-state index in [0.717, 1.165) is 69.4 Å². The highest BCUT2D eigenvalue weighted by atomic mass is 35.5. The lowest BCUT2D eigenvalue weighted by atomic mass is 9.93. The Morgan fingerprint density at radius 2 is 1.94 bits per heavy atom. The maximum Gasteiger partial charge on any atom is 0.229 e. The number of rotatable bonds is 7. The van der Waals surface area contributed by atoms with Crippen molar-refractivity contribution in [1.29, 1.82) is 0 Å². The van der Waals surface area contributed by atoms with E-state index in [1.165, 1.54) is 0 Å². The molecule has 0 amide bonds. The quantitative estimate of drug-likeness (QED) is 0.645. The highest BCUT2D eigenvalue weighted by Crippen LogP contribution is 2.33. The smallest absolute Gasteiger partial charge is 0.229 e. The van der Waals surface area contributed by atoms with E-state index in [4.69, 9.17) is 21.1 Å². The summed E-state index contributed by atoms with van der Waals surface area (Å²) in [6.07, 6.45) is 3.71. The summed E-state index contributed by atoms with van der Waals surface area (Å²) in [6, 6.07) is 6.44. The molecule has 8 nitrogen and oxygen atoms in total. The second kappa shape index (κ2) is 10.6. The zero-order valence-electron chi connectivity index (χ0n) is 19.1. The minimum atomic E-state index is 0.247. The van der Waals surface area contributed by atoms with Gasteiger partial charge in [0.2, 0.25) is 5.95 Å². The predicted molar refractivity (Wildman–Crippen MR) is 130 cm³/mol. The van der Waals surface area contributed by atoms with Gasteiger partial charge in [-0.3, -0.25) is 0 Å². The van der Waals surface area contributed by atoms with Gasteiger partial charge in [0.05, 0.1) is 19.0 Å². The van der Waals surface area contributed by atoms with Crippen molar-refractivity contribution in [2.24, 2.45) is 5.92 Å². The molecule has 0 radical (unpaired) electrons. The fraction of sp³-hybridized carbons (Fsp3) is 0.565. The standard InChI is InChI=1S/C23H33ClN6O2/c1-16(17-6-12-32-13-7-17)26-22-19(24)15-25-23(28-22)27-20-5-4-18(14-21(20)31-3)30-10-8-29(2)9-11-30/h4-5,14-17H,6-13H2,1-3H3,(H2,25,26,27,28)/t16-/m1/s1. The zero-order chi connectivity index (χ0) is 22.5. The molecular weight excluding hydrogens is 428 g/mol. The van der Waals surface area contributed by atoms with Crippen LogP contribution in [0.5, 0.6) is 5.75 Å². The van der Waals surface area contributed by atoms with Gasteiger partial charge in [0, 0.05) is 57.2 Å². The van der Waals surface area contributed by atoms with Gasteiger partial charge < -0.3 is 29.9 Å². The fourth-order valence-corrected chi connectivity index (χ4v) is 4.39. The molecule has 0 saturated carbocycles. The lowest BCUT2D eigenvalue weighted by Gasteiger charge is -2.34. The molecule has 2 N–H and O–H groups in total. The second-order valence-corrected chi connectivity index (χ2v) is 8.98. The summed E-state index contributed by atoms with van der Waals surface area (Å²) < 4.78 is 11.1. The van der Waals surface area contributed by atoms with E-state index in [1.807, 2.05) is 6.07 Å². The summed E-state index contributed by atoms with van der Waals surface area (Å²) in [5, 5.41) is 7.26. The Labute approximate surface area is 195 Å². The Kier molecular flexibility index (Phi) is 7.55. The molecule has 1 aromatic carbocycles. The zero-order valence-corrected chi connectivity index (χ0v) is 19.9. The number of halogens is 1. The molecule has 2 aliphatic heterocycles. The highest BCUT2D eigenvalue weighted by Gasteiger charge is 2.22. The molecular formula is C23H33ClN6O2. The van der Waals surface area contributed by atoms with E-state index in [0.29, 0.717) is 22.7 Å². The molecule has 0 unspecified atom stereocenters. The first-order chi connectivity index (χ1) is 15.5. The number of methoxy groups -OCH3 is 1. The van der Waals surface area contributed by atoms with Crippen LogP contribution >= 0.6 is 11.6 Å². The number of benzene rings is 1. The summed E-state index contributed by atoms with van der Waals surface area (Å²) in [6.45, 7) is 7.92. The van der Waals surface area contributed by atoms with Gasteiger partial charge in [-0.25, -0.2) is 4.98 Å². The molecule has 3 heterocycles. The number of piperazine rings is 1. The van der Waals surface area contributed by atoms with Gasteiger partial charge in [-0.2, -0.15) is 4.98 Å². The van der Waals surface area contributed by atoms with Crippen molar-refractivity contribution in [2.75, 3.05) is 69.1 Å². The van der Waals surface area contributed by atoms with Crippen LogP contribution in [0.1, 0.15) is 19.8 Å². The number of hydrogen-bond donors (Lipinski definition) is 2. The summed E-state index contributed by atoms with van der Waals surface area (Å²) in [5.74, 6) is 2.40. The van der Waals surface area contributed by atoms with Gasteiger partial charge in [0.1, 0.15) is 10.8 Å². The number of hydrogen-bond acceptors (Lipinski definition) is 8. The first-order valence-corrected chi connectivity index (χ1v) is 11.7. The first-order valence-electron chi connectivity index (χ1n) is 11.3. The van der Waals surface area contributed by atoms with Gasteiger partial charge in [0.15, 0.2) is 5.82 Å². The topological polar surface area (TPSA) is 74.8 Å². The van der Waals surface area contributed by atoms with Crippen LogP contribution in [0.15, 0.2) is 24.4 Å². The molecule has 0 bridgehead atoms. The van der Waals surface area contributed by atoms with Crippen molar-refractivity contribution in [3.05, 3.63) is 29.4 Å². The Balaban J connectivity index is 1.46. The minimum absolute atomic E-state index is 0.247. The third-order valence-electron chi connectivity index (χ3n) is 6.38. The summed E-state index contributed by atoms with van der Waals surface area (Å²) in [5.41, 5.74) is 1.97. The van der Waals surface area contributed by atoms with E-state index in [1.54, 1.807) is 13.3 Å². The third-order valence-corrected chi connectivity index (χ3v) is 6.66. The molecule has 174 valence electrons. The van der Waals surface area contributed by atoms with E-state index in [9.17, 15) is 0 Å². The molecule has 0 aliphatic carbocycles. The lowest BCUT2D eigenvalue weighted by Crippen LogP contribution is -2.44. The molecule has 1 atom stereocenters. The van der Waals surface area contributed by atoms with Crippen LogP contribution in [0.25, 0.3) is 0 Å². The van der Waals surface area contributed by atoms with Crippen LogP contribution in [0.2, 0.25) is 5.02 Å². The van der Waals surface area contributed by atoms with Crippen LogP contribution in [-0.4, -0.2) is 74.5 Å². The molecule has 2 aromatic rings. The molecule has 1 aromatic heterocycles. The van der Waals surface area contributed by atoms with E-state index in [2.05, 4.69) is 56.5 Å². The lowest BCUT2D eigenvalue weighted by molar-refractivity contribution is 0.0622. The van der Waals surface area contributed by atoms with Gasteiger partial charge in [-0.05, 0) is 44.9 Å². The van der Waals surface area contributed by atoms with Crippen LogP contribution < -0.4 is 20.3 Å². The molecule has 9 heteroatoms. The molecule has 2 fully saturated rings. The Morgan fingerprint density at radius 1 is 1.19 bits per heavy atom. The van der Waals surface area contributed by atoms with Gasteiger partial charge in [0.25, 0.3) is 0 Å². The molecule has 4 rings (SSSR count). The molecule has 2 saturated heterocycles. The monoisotopic (exact) mass is 460 g/mol. The average Bonchev–Trinajstić information content (AvgIpc) is 2.82. The summed E-state index contributed by atoms with van der Waals surface area (Å²) in [4.78, 5) is 13.7. The van der Waals surface area contributed by atoms with Gasteiger partial charge in [-0.15, -0.1) is 0 Å². The number of aromatic nitrogens is 2. The van der Waals surface area contributed by atoms with Crippen molar-refractivity contribution in [1.82, 2.24) is 14.9 Å². The van der Waals surface area contributed by atoms with Crippen molar-refractivity contribution < 1.29 is 9.47 Å². The number of anilines is 4. The SMILES string of the molecule is COc1cc(N2CCN(C)CC2)ccc1Nc1ncc(Cl)c(N[C@H](C)C2CCOCC2)n1. The highest BCUT2D eigenvalue weighted by molar-refractivity contribution is 6.32. The van der Waals surface area contributed by atoms with Crippen LogP contribution in [0, 0.1) is 5.92 Å². The summed E-state index contributed by atoms with van der Waals surface area (Å²) in [7, 11) is 3.84. The third kappa shape index (κ3) is 5.54. The van der Waals surface area contributed by atoms with Gasteiger partial charge >= 0.3 is 0 Å². The molecule has 32 heavy (non-hydrogen) atoms. The van der Waals surface area contributed by atoms with Crippen molar-refractivity contribution in [3.8, 4) is 5.75 Å². The Morgan fingerprint density at radius 3 is 2.66 bits per heavy atom. The van der Waals surface area contributed by atoms with E-state index in [-0.39, 0.29) is 6.04 Å². The Bertz CT molecular complexity index is 900. The van der Waals surface area contributed by atoms with Crippen LogP contribution in [0.3, 0.4) is 0 Å². The number of nitrogens with zero attached hydrogens (tertiary/aromatic N) is 4. The molecule has 0 spiro atoms. The van der Waals surface area contributed by atoms with Crippen molar-refractivity contribution in [2.45, 2.75) is 25.8 Å². The maximum atomic E-state index is 6.38. The minimum Gasteiger partial charge on any atom is -0.494 e. The van der Waals surface area contributed by atoms with Crippen LogP contribution in [0.4, 0.5) is 23.1 Å². The van der Waals surface area contributed by atoms with E-state index < -0.39 is 0 Å². The number of likely N-dealkylation sites (N-methyl/N-ethyl adjacent to an activating group) is 1. The normalized spacial score (nSPS) is 18.9. The second-order valence-electron chi connectivity index (χ2n) is 8.57. The average molecular weight is 461 g/mol. The fourth-order valence-electron chi connectivity index (χ4n) is 4.24. The molecule has 2 aliphatic rings. The van der Waals surface area contributed by atoms with Gasteiger partial charge in [-0.1, -0.05) is 11.6 Å². The number of ether oxygens (including phenoxy) is 2. The van der Waals surface area contributed by atoms with Crippen molar-refractivity contribution in [3.63, 3.8) is 0 Å². The van der Waals surface area contributed by atoms with E-state index >= 15 is 0 Å². The number of nitrogens with one attached hydrogen (secondary N) is 2.